The molecule has 0 aliphatic rings. The van der Waals surface area contributed by atoms with Gasteiger partial charge in [0.15, 0.2) is 5.76 Å². The Balaban J connectivity index is 1.89. The Bertz CT molecular complexity index is 863. The predicted molar refractivity (Wildman–Crippen MR) is 89.3 cm³/mol. The molecule has 1 aromatic carbocycles. The molecule has 110 valence electrons. The van der Waals surface area contributed by atoms with Crippen LogP contribution in [-0.2, 0) is 0 Å². The number of aromatic amines is 1. The summed E-state index contributed by atoms with van der Waals surface area (Å²) in [6, 6.07) is 13.3. The van der Waals surface area contributed by atoms with Crippen LogP contribution in [0.25, 0.3) is 17.7 Å². The molecule has 0 spiro atoms. The van der Waals surface area contributed by atoms with E-state index in [4.69, 9.17) is 28.2 Å². The lowest BCUT2D eigenvalue weighted by Crippen LogP contribution is -1.93. The van der Waals surface area contributed by atoms with E-state index in [1.54, 1.807) is 24.5 Å². The van der Waals surface area contributed by atoms with Gasteiger partial charge in [-0.3, -0.25) is 0 Å². The van der Waals surface area contributed by atoms with Gasteiger partial charge in [0, 0.05) is 0 Å². The summed E-state index contributed by atoms with van der Waals surface area (Å²) in [6.45, 7) is 0. The molecule has 0 amide bonds. The van der Waals surface area contributed by atoms with E-state index < -0.39 is 0 Å². The summed E-state index contributed by atoms with van der Waals surface area (Å²) >= 11 is 11.3. The molecule has 3 aromatic rings. The molecule has 0 atom stereocenters. The van der Waals surface area contributed by atoms with Crippen molar-refractivity contribution in [3.8, 4) is 11.6 Å². The fourth-order valence-corrected chi connectivity index (χ4v) is 2.17. The number of nitrogens with one attached hydrogen (secondary N) is 1. The first-order valence-electron chi connectivity index (χ1n) is 6.42. The molecule has 22 heavy (non-hydrogen) atoms. The summed E-state index contributed by atoms with van der Waals surface area (Å²) in [7, 11) is 0. The number of H-pyrrole nitrogens is 1. The molecular formula is C15H11ClN4OS. The third-order valence-electron chi connectivity index (χ3n) is 2.79. The minimum Gasteiger partial charge on any atom is -0.461 e. The number of rotatable bonds is 4. The van der Waals surface area contributed by atoms with Gasteiger partial charge in [0.05, 0.1) is 17.5 Å². The Morgan fingerprint density at radius 2 is 2.09 bits per heavy atom. The van der Waals surface area contributed by atoms with E-state index in [0.717, 1.165) is 5.56 Å². The van der Waals surface area contributed by atoms with Crippen LogP contribution in [-0.4, -0.2) is 21.1 Å². The molecule has 0 unspecified atom stereocenters. The van der Waals surface area contributed by atoms with E-state index in [2.05, 4.69) is 15.3 Å². The van der Waals surface area contributed by atoms with Crippen LogP contribution in [0, 0.1) is 4.77 Å². The second-order valence-corrected chi connectivity index (χ2v) is 5.15. The maximum absolute atomic E-state index is 6.17. The molecule has 5 nitrogen and oxygen atoms in total. The third kappa shape index (κ3) is 3.24. The summed E-state index contributed by atoms with van der Waals surface area (Å²) < 4.78 is 7.11. The van der Waals surface area contributed by atoms with Crippen molar-refractivity contribution in [3.05, 3.63) is 64.1 Å². The average molecular weight is 331 g/mol. The molecule has 0 fully saturated rings. The molecule has 3 rings (SSSR count). The number of furan rings is 1. The maximum Gasteiger partial charge on any atom is 0.219 e. The van der Waals surface area contributed by atoms with Crippen molar-refractivity contribution in [2.75, 3.05) is 0 Å². The fraction of sp³-hybridized carbons (Fsp3) is 0. The van der Waals surface area contributed by atoms with Crippen LogP contribution in [0.5, 0.6) is 0 Å². The topological polar surface area (TPSA) is 59.1 Å². The van der Waals surface area contributed by atoms with Crippen LogP contribution in [0.15, 0.2) is 63.3 Å². The number of allylic oxidation sites excluding steroid dienone is 1. The van der Waals surface area contributed by atoms with Crippen molar-refractivity contribution in [1.29, 1.82) is 0 Å². The van der Waals surface area contributed by atoms with Crippen molar-refractivity contribution in [1.82, 2.24) is 14.9 Å². The summed E-state index contributed by atoms with van der Waals surface area (Å²) in [4.78, 5) is 0. The van der Waals surface area contributed by atoms with Gasteiger partial charge in [0.1, 0.15) is 0 Å². The van der Waals surface area contributed by atoms with Crippen molar-refractivity contribution in [2.45, 2.75) is 0 Å². The quantitative estimate of drug-likeness (QED) is 0.572. The Kier molecular flexibility index (Phi) is 4.32. The van der Waals surface area contributed by atoms with Crippen molar-refractivity contribution in [3.63, 3.8) is 0 Å². The van der Waals surface area contributed by atoms with Crippen LogP contribution in [0.3, 0.4) is 0 Å². The number of hydrogen-bond donors (Lipinski definition) is 1. The number of nitrogens with zero attached hydrogens (tertiary/aromatic N) is 3. The molecule has 2 heterocycles. The predicted octanol–water partition coefficient (Wildman–Crippen LogP) is 4.31. The van der Waals surface area contributed by atoms with E-state index in [9.17, 15) is 0 Å². The zero-order chi connectivity index (χ0) is 15.4. The Labute approximate surface area is 136 Å². The Hall–Kier alpha value is -2.44. The van der Waals surface area contributed by atoms with Crippen molar-refractivity contribution < 1.29 is 4.42 Å². The SMILES string of the molecule is S=c1[nH]nc(-c2ccco2)n1/N=C\C(Cl)=C/c1ccccc1. The first kappa shape index (κ1) is 14.5. The van der Waals surface area contributed by atoms with Gasteiger partial charge in [-0.05, 0) is 36.0 Å². The highest BCUT2D eigenvalue weighted by Crippen LogP contribution is 2.17. The van der Waals surface area contributed by atoms with Crippen LogP contribution < -0.4 is 0 Å². The van der Waals surface area contributed by atoms with E-state index in [1.807, 2.05) is 30.3 Å². The van der Waals surface area contributed by atoms with E-state index in [-0.39, 0.29) is 0 Å². The standard InChI is InChI=1S/C15H11ClN4OS/c16-12(9-11-5-2-1-3-6-11)10-17-20-14(18-19-15(20)22)13-7-4-8-21-13/h1-10H,(H,19,22)/b12-9+,17-10-. The molecule has 0 saturated carbocycles. The molecular weight excluding hydrogens is 320 g/mol. The highest BCUT2D eigenvalue weighted by molar-refractivity contribution is 7.71. The molecule has 7 heteroatoms. The maximum atomic E-state index is 6.17. The molecule has 0 aliphatic heterocycles. The highest BCUT2D eigenvalue weighted by Gasteiger charge is 2.10. The van der Waals surface area contributed by atoms with Crippen LogP contribution in [0.2, 0.25) is 0 Å². The minimum atomic E-state index is 0.354. The average Bonchev–Trinajstić information content (AvgIpc) is 3.16. The fourth-order valence-electron chi connectivity index (χ4n) is 1.82. The number of benzene rings is 1. The van der Waals surface area contributed by atoms with Crippen molar-refractivity contribution in [2.24, 2.45) is 5.10 Å². The second-order valence-electron chi connectivity index (χ2n) is 4.33. The van der Waals surface area contributed by atoms with Gasteiger partial charge >= 0.3 is 0 Å². The van der Waals surface area contributed by atoms with E-state index in [0.29, 0.717) is 21.4 Å². The zero-order valence-corrected chi connectivity index (χ0v) is 12.9. The van der Waals surface area contributed by atoms with Crippen LogP contribution in [0.1, 0.15) is 5.56 Å². The summed E-state index contributed by atoms with van der Waals surface area (Å²) in [6.07, 6.45) is 4.87. The van der Waals surface area contributed by atoms with Gasteiger partial charge in [-0.1, -0.05) is 41.9 Å². The van der Waals surface area contributed by atoms with Gasteiger partial charge in [-0.25, -0.2) is 5.10 Å². The third-order valence-corrected chi connectivity index (χ3v) is 3.26. The second kappa shape index (κ2) is 6.55. The number of aromatic nitrogens is 3. The largest absolute Gasteiger partial charge is 0.461 e. The Morgan fingerprint density at radius 1 is 1.27 bits per heavy atom. The van der Waals surface area contributed by atoms with Gasteiger partial charge in [0.25, 0.3) is 0 Å². The highest BCUT2D eigenvalue weighted by atomic mass is 35.5. The molecule has 0 bridgehead atoms. The normalized spacial score (nSPS) is 12.1. The minimum absolute atomic E-state index is 0.354. The van der Waals surface area contributed by atoms with Crippen LogP contribution >= 0.6 is 23.8 Å². The molecule has 0 radical (unpaired) electrons. The molecule has 0 saturated heterocycles. The van der Waals surface area contributed by atoms with Crippen LogP contribution in [0.4, 0.5) is 0 Å². The lowest BCUT2D eigenvalue weighted by molar-refractivity contribution is 0.573. The van der Waals surface area contributed by atoms with E-state index in [1.165, 1.54) is 10.9 Å². The van der Waals surface area contributed by atoms with Gasteiger partial charge in [-0.15, -0.1) is 5.10 Å². The van der Waals surface area contributed by atoms with Gasteiger partial charge in [0.2, 0.25) is 10.6 Å². The summed E-state index contributed by atoms with van der Waals surface area (Å²) in [5.74, 6) is 1.04. The van der Waals surface area contributed by atoms with Crippen molar-refractivity contribution >= 4 is 36.1 Å². The number of hydrogen-bond acceptors (Lipinski definition) is 4. The lowest BCUT2D eigenvalue weighted by Gasteiger charge is -1.97. The van der Waals surface area contributed by atoms with Gasteiger partial charge in [-0.2, -0.15) is 9.78 Å². The summed E-state index contributed by atoms with van der Waals surface area (Å²) in [5, 5.41) is 11.5. The molecule has 2 aromatic heterocycles. The lowest BCUT2D eigenvalue weighted by atomic mass is 10.2. The number of halogens is 1. The first-order chi connectivity index (χ1) is 10.7. The van der Waals surface area contributed by atoms with E-state index >= 15 is 0 Å². The smallest absolute Gasteiger partial charge is 0.219 e. The molecule has 0 aliphatic carbocycles. The zero-order valence-electron chi connectivity index (χ0n) is 11.3. The molecule has 1 N–H and O–H groups in total. The summed E-state index contributed by atoms with van der Waals surface area (Å²) in [5.41, 5.74) is 0.987. The monoisotopic (exact) mass is 330 g/mol. The first-order valence-corrected chi connectivity index (χ1v) is 7.20. The Morgan fingerprint density at radius 3 is 2.82 bits per heavy atom. The van der Waals surface area contributed by atoms with Gasteiger partial charge < -0.3 is 4.42 Å².